The van der Waals surface area contributed by atoms with Crippen LogP contribution in [0.1, 0.15) is 5.69 Å². The van der Waals surface area contributed by atoms with Gasteiger partial charge in [-0.2, -0.15) is 11.2 Å². The van der Waals surface area contributed by atoms with Crippen LogP contribution in [0.2, 0.25) is 0 Å². The second-order valence-corrected chi connectivity index (χ2v) is 1.58. The summed E-state index contributed by atoms with van der Waals surface area (Å²) in [4.78, 5) is 8.05. The summed E-state index contributed by atoms with van der Waals surface area (Å²) in [5.41, 5.74) is 0.199. The van der Waals surface area contributed by atoms with Crippen molar-refractivity contribution in [3.05, 3.63) is 24.0 Å². The average Bonchev–Trinajstić information content (AvgIpc) is 2.04. The van der Waals surface area contributed by atoms with Crippen molar-refractivity contribution in [2.45, 2.75) is 0 Å². The van der Waals surface area contributed by atoms with E-state index in [2.05, 4.69) is 9.82 Å². The molecule has 0 aliphatic carbocycles. The first-order valence-electron chi connectivity index (χ1n) is 2.60. The maximum Gasteiger partial charge on any atom is 0.185 e. The fourth-order valence-electron chi connectivity index (χ4n) is 0.570. The Morgan fingerprint density at radius 2 is 2.50 bits per heavy atom. The van der Waals surface area contributed by atoms with Crippen LogP contribution in [0.4, 0.5) is 0 Å². The highest BCUT2D eigenvalue weighted by Crippen LogP contribution is 2.10. The van der Waals surface area contributed by atoms with Gasteiger partial charge in [0.1, 0.15) is 6.07 Å². The first-order chi connectivity index (χ1) is 4.88. The molecule has 2 N–H and O–H groups in total. The van der Waals surface area contributed by atoms with Crippen molar-refractivity contribution in [1.29, 1.82) is 5.26 Å². The lowest BCUT2D eigenvalue weighted by molar-refractivity contribution is 0.332. The van der Waals surface area contributed by atoms with Crippen molar-refractivity contribution in [1.82, 2.24) is 4.98 Å². The minimum Gasteiger partial charge on any atom is -0.408 e. The van der Waals surface area contributed by atoms with Crippen molar-refractivity contribution in [3.8, 4) is 11.8 Å². The highest BCUT2D eigenvalue weighted by Gasteiger charge is 1.99. The van der Waals surface area contributed by atoms with Crippen molar-refractivity contribution in [2.75, 3.05) is 0 Å². The Kier molecular flexibility index (Phi) is 1.83. The van der Waals surface area contributed by atoms with Gasteiger partial charge in [0, 0.05) is 6.20 Å². The van der Waals surface area contributed by atoms with Gasteiger partial charge in [0.15, 0.2) is 11.4 Å². The van der Waals surface area contributed by atoms with Crippen LogP contribution in [-0.4, -0.2) is 4.98 Å². The highest BCUT2D eigenvalue weighted by atomic mass is 16.6. The molecule has 4 heteroatoms. The van der Waals surface area contributed by atoms with E-state index in [1.807, 2.05) is 6.07 Å². The Morgan fingerprint density at radius 3 is 3.00 bits per heavy atom. The van der Waals surface area contributed by atoms with Crippen LogP contribution in [0.5, 0.6) is 5.75 Å². The quantitative estimate of drug-likeness (QED) is 0.558. The fourth-order valence-corrected chi connectivity index (χ4v) is 0.570. The molecule has 0 aromatic carbocycles. The number of hydrogen-bond acceptors (Lipinski definition) is 4. The molecule has 0 unspecified atom stereocenters. The Balaban J connectivity index is 3.12. The summed E-state index contributed by atoms with van der Waals surface area (Å²) in [5.74, 6) is 5.13. The molecular weight excluding hydrogens is 130 g/mol. The Morgan fingerprint density at radius 1 is 1.70 bits per heavy atom. The van der Waals surface area contributed by atoms with Gasteiger partial charge in [0.25, 0.3) is 0 Å². The summed E-state index contributed by atoms with van der Waals surface area (Å²) in [7, 11) is 0. The molecule has 0 saturated heterocycles. The smallest absolute Gasteiger partial charge is 0.185 e. The minimum atomic E-state index is 0.199. The molecule has 1 aromatic rings. The molecule has 0 amide bonds. The second kappa shape index (κ2) is 2.80. The molecule has 0 bridgehead atoms. The van der Waals surface area contributed by atoms with Gasteiger partial charge in [-0.1, -0.05) is 0 Å². The first kappa shape index (κ1) is 6.52. The topological polar surface area (TPSA) is 71.9 Å². The highest BCUT2D eigenvalue weighted by molar-refractivity contribution is 5.35. The summed E-state index contributed by atoms with van der Waals surface area (Å²) in [6, 6.07) is 5.05. The van der Waals surface area contributed by atoms with Gasteiger partial charge in [-0.05, 0) is 12.1 Å². The zero-order valence-electron chi connectivity index (χ0n) is 5.11. The SMILES string of the molecule is N#Cc1ncccc1ON. The summed E-state index contributed by atoms with van der Waals surface area (Å²) in [6.45, 7) is 0. The van der Waals surface area contributed by atoms with Gasteiger partial charge in [-0.3, -0.25) is 0 Å². The molecule has 0 saturated carbocycles. The molecule has 0 radical (unpaired) electrons. The zero-order chi connectivity index (χ0) is 7.40. The van der Waals surface area contributed by atoms with Crippen LogP contribution < -0.4 is 10.7 Å². The molecule has 0 fully saturated rings. The molecule has 0 spiro atoms. The Hall–Kier alpha value is -1.60. The van der Waals surface area contributed by atoms with E-state index in [0.717, 1.165) is 0 Å². The van der Waals surface area contributed by atoms with Gasteiger partial charge in [0.2, 0.25) is 0 Å². The molecule has 0 atom stereocenters. The third kappa shape index (κ3) is 1.04. The molecule has 0 aliphatic heterocycles. The van der Waals surface area contributed by atoms with Crippen molar-refractivity contribution >= 4 is 0 Å². The maximum atomic E-state index is 8.40. The molecule has 1 heterocycles. The lowest BCUT2D eigenvalue weighted by Gasteiger charge is -1.96. The molecule has 1 rings (SSSR count). The molecule has 50 valence electrons. The molecule has 10 heavy (non-hydrogen) atoms. The number of pyridine rings is 1. The number of hydrogen-bond donors (Lipinski definition) is 1. The largest absolute Gasteiger partial charge is 0.408 e. The molecular formula is C6H5N3O. The number of rotatable bonds is 1. The van der Waals surface area contributed by atoms with Gasteiger partial charge in [-0.25, -0.2) is 4.98 Å². The summed E-state index contributed by atoms with van der Waals surface area (Å²) in [6.07, 6.45) is 1.50. The predicted octanol–water partition coefficient (Wildman–Crippen LogP) is 0.206. The molecule has 0 aliphatic rings. The fraction of sp³-hybridized carbons (Fsp3) is 0. The lowest BCUT2D eigenvalue weighted by atomic mass is 10.3. The third-order valence-electron chi connectivity index (χ3n) is 1.00. The van der Waals surface area contributed by atoms with Crippen LogP contribution in [0.3, 0.4) is 0 Å². The summed E-state index contributed by atoms with van der Waals surface area (Å²) < 4.78 is 0. The van der Waals surface area contributed by atoms with Gasteiger partial charge < -0.3 is 4.84 Å². The van der Waals surface area contributed by atoms with E-state index < -0.39 is 0 Å². The van der Waals surface area contributed by atoms with Gasteiger partial charge in [0.05, 0.1) is 0 Å². The van der Waals surface area contributed by atoms with Crippen molar-refractivity contribution < 1.29 is 4.84 Å². The Bertz CT molecular complexity index is 266. The van der Waals surface area contributed by atoms with Crippen molar-refractivity contribution in [3.63, 3.8) is 0 Å². The van der Waals surface area contributed by atoms with E-state index in [1.54, 1.807) is 12.1 Å². The standard InChI is InChI=1S/C6H5N3O/c7-4-5-6(10-8)2-1-3-9-5/h1-3H,8H2. The van der Waals surface area contributed by atoms with Crippen LogP contribution in [0.15, 0.2) is 18.3 Å². The van der Waals surface area contributed by atoms with E-state index in [1.165, 1.54) is 6.20 Å². The van der Waals surface area contributed by atoms with E-state index >= 15 is 0 Å². The van der Waals surface area contributed by atoms with Crippen LogP contribution in [0.25, 0.3) is 0 Å². The first-order valence-corrected chi connectivity index (χ1v) is 2.60. The minimum absolute atomic E-state index is 0.199. The van der Waals surface area contributed by atoms with E-state index in [9.17, 15) is 0 Å². The van der Waals surface area contributed by atoms with Crippen LogP contribution in [-0.2, 0) is 0 Å². The normalized spacial score (nSPS) is 8.40. The monoisotopic (exact) mass is 135 g/mol. The molecule has 4 nitrogen and oxygen atoms in total. The second-order valence-electron chi connectivity index (χ2n) is 1.58. The van der Waals surface area contributed by atoms with Crippen LogP contribution in [0, 0.1) is 11.3 Å². The number of nitrogens with zero attached hydrogens (tertiary/aromatic N) is 2. The van der Waals surface area contributed by atoms with E-state index in [0.29, 0.717) is 5.75 Å². The summed E-state index contributed by atoms with van der Waals surface area (Å²) >= 11 is 0. The average molecular weight is 135 g/mol. The van der Waals surface area contributed by atoms with Gasteiger partial charge in [-0.15, -0.1) is 0 Å². The number of nitrogens with two attached hydrogens (primary N) is 1. The van der Waals surface area contributed by atoms with Crippen LogP contribution >= 0.6 is 0 Å². The summed E-state index contributed by atoms with van der Waals surface area (Å²) in [5, 5.41) is 8.40. The molecule has 1 aromatic heterocycles. The predicted molar refractivity (Wildman–Crippen MR) is 33.8 cm³/mol. The van der Waals surface area contributed by atoms with E-state index in [4.69, 9.17) is 11.2 Å². The lowest BCUT2D eigenvalue weighted by Crippen LogP contribution is -2.03. The Labute approximate surface area is 57.8 Å². The van der Waals surface area contributed by atoms with E-state index in [-0.39, 0.29) is 5.69 Å². The number of aromatic nitrogens is 1. The number of nitriles is 1. The van der Waals surface area contributed by atoms with Crippen molar-refractivity contribution in [2.24, 2.45) is 5.90 Å². The third-order valence-corrected chi connectivity index (χ3v) is 1.00. The maximum absolute atomic E-state index is 8.40. The van der Waals surface area contributed by atoms with Gasteiger partial charge >= 0.3 is 0 Å². The zero-order valence-corrected chi connectivity index (χ0v) is 5.11.